The molecule has 14 heavy (non-hydrogen) atoms. The summed E-state index contributed by atoms with van der Waals surface area (Å²) < 4.78 is 5.99. The number of benzene rings is 1. The van der Waals surface area contributed by atoms with Crippen LogP contribution < -0.4 is 10.1 Å². The van der Waals surface area contributed by atoms with Gasteiger partial charge in [-0.05, 0) is 40.5 Å². The van der Waals surface area contributed by atoms with Gasteiger partial charge in [0.05, 0.1) is 11.6 Å². The van der Waals surface area contributed by atoms with Crippen LogP contribution in [0.25, 0.3) is 0 Å². The van der Waals surface area contributed by atoms with Gasteiger partial charge in [0.1, 0.15) is 5.75 Å². The molecule has 1 aromatic rings. The van der Waals surface area contributed by atoms with Crippen molar-refractivity contribution >= 4 is 27.5 Å². The maximum atomic E-state index is 10.9. The molecule has 0 aromatic heterocycles. The van der Waals surface area contributed by atoms with Gasteiger partial charge in [-0.15, -0.1) is 0 Å². The van der Waals surface area contributed by atoms with Crippen molar-refractivity contribution in [1.29, 1.82) is 0 Å². The van der Waals surface area contributed by atoms with Crippen molar-refractivity contribution in [2.75, 3.05) is 12.4 Å². The summed E-state index contributed by atoms with van der Waals surface area (Å²) in [5, 5.41) is 2.74. The maximum absolute atomic E-state index is 10.9. The number of carbonyl (C=O) groups excluding carboxylic acids is 1. The highest BCUT2D eigenvalue weighted by Gasteiger charge is 2.08. The van der Waals surface area contributed by atoms with E-state index in [1.165, 1.54) is 6.92 Å². The molecular formula is C10H12BrNO2. The third-order valence-corrected chi connectivity index (χ3v) is 2.87. The molecule has 76 valence electrons. The molecular weight excluding hydrogens is 246 g/mol. The first-order chi connectivity index (χ1) is 6.56. The van der Waals surface area contributed by atoms with Gasteiger partial charge < -0.3 is 10.1 Å². The van der Waals surface area contributed by atoms with Crippen LogP contribution in [0, 0.1) is 6.92 Å². The number of halogens is 1. The van der Waals surface area contributed by atoms with E-state index in [0.717, 1.165) is 21.5 Å². The SMILES string of the molecule is COc1ccc(NC(C)=O)c(C)c1Br. The van der Waals surface area contributed by atoms with Gasteiger partial charge in [-0.2, -0.15) is 0 Å². The fourth-order valence-corrected chi connectivity index (χ4v) is 1.65. The van der Waals surface area contributed by atoms with Gasteiger partial charge in [0.25, 0.3) is 0 Å². The highest BCUT2D eigenvalue weighted by Crippen LogP contribution is 2.32. The number of rotatable bonds is 2. The average molecular weight is 258 g/mol. The number of ether oxygens (including phenoxy) is 1. The van der Waals surface area contributed by atoms with Crippen molar-refractivity contribution in [1.82, 2.24) is 0 Å². The predicted octanol–water partition coefficient (Wildman–Crippen LogP) is 2.72. The predicted molar refractivity (Wildman–Crippen MR) is 59.7 cm³/mol. The number of hydrogen-bond acceptors (Lipinski definition) is 2. The van der Waals surface area contributed by atoms with Gasteiger partial charge in [-0.25, -0.2) is 0 Å². The fraction of sp³-hybridized carbons (Fsp3) is 0.300. The minimum absolute atomic E-state index is 0.0785. The summed E-state index contributed by atoms with van der Waals surface area (Å²) in [5.41, 5.74) is 1.75. The summed E-state index contributed by atoms with van der Waals surface area (Å²) in [5.74, 6) is 0.682. The molecule has 0 aliphatic rings. The molecule has 1 rings (SSSR count). The second-order valence-electron chi connectivity index (χ2n) is 2.94. The van der Waals surface area contributed by atoms with E-state index >= 15 is 0 Å². The Kier molecular flexibility index (Phi) is 3.52. The highest BCUT2D eigenvalue weighted by atomic mass is 79.9. The summed E-state index contributed by atoms with van der Waals surface area (Å²) in [6, 6.07) is 3.63. The topological polar surface area (TPSA) is 38.3 Å². The fourth-order valence-electron chi connectivity index (χ4n) is 1.14. The number of amides is 1. The van der Waals surface area contributed by atoms with E-state index in [1.807, 2.05) is 19.1 Å². The summed E-state index contributed by atoms with van der Waals surface area (Å²) >= 11 is 3.40. The lowest BCUT2D eigenvalue weighted by atomic mass is 10.2. The standard InChI is InChI=1S/C10H12BrNO2/c1-6-8(12-7(2)13)4-5-9(14-3)10(6)11/h4-5H,1-3H3,(H,12,13). The lowest BCUT2D eigenvalue weighted by Crippen LogP contribution is -2.07. The van der Waals surface area contributed by atoms with Crippen LogP contribution in [0.5, 0.6) is 5.75 Å². The van der Waals surface area contributed by atoms with Gasteiger partial charge in [0.15, 0.2) is 0 Å². The number of methoxy groups -OCH3 is 1. The number of carbonyl (C=O) groups is 1. The molecule has 0 saturated carbocycles. The van der Waals surface area contributed by atoms with E-state index in [4.69, 9.17) is 4.74 Å². The summed E-state index contributed by atoms with van der Waals surface area (Å²) in [7, 11) is 1.61. The Hall–Kier alpha value is -1.03. The van der Waals surface area contributed by atoms with Crippen LogP contribution in [0.15, 0.2) is 16.6 Å². The van der Waals surface area contributed by atoms with Crippen LogP contribution in [-0.2, 0) is 4.79 Å². The lowest BCUT2D eigenvalue weighted by molar-refractivity contribution is -0.114. The van der Waals surface area contributed by atoms with E-state index in [2.05, 4.69) is 21.2 Å². The van der Waals surface area contributed by atoms with Gasteiger partial charge >= 0.3 is 0 Å². The molecule has 1 aromatic carbocycles. The van der Waals surface area contributed by atoms with Crippen LogP contribution in [0.4, 0.5) is 5.69 Å². The van der Waals surface area contributed by atoms with Crippen LogP contribution in [-0.4, -0.2) is 13.0 Å². The van der Waals surface area contributed by atoms with Crippen LogP contribution in [0.1, 0.15) is 12.5 Å². The zero-order valence-corrected chi connectivity index (χ0v) is 9.94. The largest absolute Gasteiger partial charge is 0.496 e. The second kappa shape index (κ2) is 4.46. The molecule has 0 saturated heterocycles. The van der Waals surface area contributed by atoms with Crippen molar-refractivity contribution in [3.05, 3.63) is 22.2 Å². The van der Waals surface area contributed by atoms with Gasteiger partial charge in [0, 0.05) is 12.6 Å². The summed E-state index contributed by atoms with van der Waals surface area (Å²) in [4.78, 5) is 10.9. The molecule has 1 N–H and O–H groups in total. The van der Waals surface area contributed by atoms with Crippen molar-refractivity contribution < 1.29 is 9.53 Å². The minimum atomic E-state index is -0.0785. The van der Waals surface area contributed by atoms with Crippen LogP contribution in [0.2, 0.25) is 0 Å². The maximum Gasteiger partial charge on any atom is 0.221 e. The smallest absolute Gasteiger partial charge is 0.221 e. The molecule has 0 heterocycles. The van der Waals surface area contributed by atoms with Crippen molar-refractivity contribution in [2.24, 2.45) is 0 Å². The molecule has 0 atom stereocenters. The van der Waals surface area contributed by atoms with Gasteiger partial charge in [0.2, 0.25) is 5.91 Å². The monoisotopic (exact) mass is 257 g/mol. The lowest BCUT2D eigenvalue weighted by Gasteiger charge is -2.11. The number of anilines is 1. The van der Waals surface area contributed by atoms with E-state index in [1.54, 1.807) is 7.11 Å². The van der Waals surface area contributed by atoms with E-state index in [-0.39, 0.29) is 5.91 Å². The molecule has 1 amide bonds. The minimum Gasteiger partial charge on any atom is -0.496 e. The first-order valence-corrected chi connectivity index (χ1v) is 4.96. The molecule has 0 aliphatic carbocycles. The van der Waals surface area contributed by atoms with Gasteiger partial charge in [-0.3, -0.25) is 4.79 Å². The normalized spacial score (nSPS) is 9.71. The van der Waals surface area contributed by atoms with Crippen LogP contribution in [0.3, 0.4) is 0 Å². The van der Waals surface area contributed by atoms with E-state index in [9.17, 15) is 4.79 Å². The molecule has 0 radical (unpaired) electrons. The Morgan fingerprint density at radius 3 is 2.64 bits per heavy atom. The molecule has 0 spiro atoms. The highest BCUT2D eigenvalue weighted by molar-refractivity contribution is 9.10. The molecule has 4 heteroatoms. The Morgan fingerprint density at radius 2 is 2.14 bits per heavy atom. The Bertz CT molecular complexity index is 363. The quantitative estimate of drug-likeness (QED) is 0.885. The van der Waals surface area contributed by atoms with Crippen LogP contribution >= 0.6 is 15.9 Å². The summed E-state index contributed by atoms with van der Waals surface area (Å²) in [6.45, 7) is 3.40. The zero-order chi connectivity index (χ0) is 10.7. The van der Waals surface area contributed by atoms with Crippen molar-refractivity contribution in [3.63, 3.8) is 0 Å². The molecule has 0 bridgehead atoms. The first-order valence-electron chi connectivity index (χ1n) is 4.17. The number of hydrogen-bond donors (Lipinski definition) is 1. The molecule has 0 aliphatic heterocycles. The van der Waals surface area contributed by atoms with E-state index < -0.39 is 0 Å². The molecule has 3 nitrogen and oxygen atoms in total. The summed E-state index contributed by atoms with van der Waals surface area (Å²) in [6.07, 6.45) is 0. The van der Waals surface area contributed by atoms with Crippen molar-refractivity contribution in [3.8, 4) is 5.75 Å². The van der Waals surface area contributed by atoms with Gasteiger partial charge in [-0.1, -0.05) is 0 Å². The third kappa shape index (κ3) is 2.26. The van der Waals surface area contributed by atoms with Crippen molar-refractivity contribution in [2.45, 2.75) is 13.8 Å². The Morgan fingerprint density at radius 1 is 1.50 bits per heavy atom. The van der Waals surface area contributed by atoms with E-state index in [0.29, 0.717) is 0 Å². The molecule has 0 unspecified atom stereocenters. The Balaban J connectivity index is 3.10. The zero-order valence-electron chi connectivity index (χ0n) is 8.35. The number of nitrogens with one attached hydrogen (secondary N) is 1. The first kappa shape index (κ1) is 11.0. The molecule has 0 fully saturated rings. The Labute approximate surface area is 91.6 Å². The third-order valence-electron chi connectivity index (χ3n) is 1.88. The second-order valence-corrected chi connectivity index (χ2v) is 3.73. The average Bonchev–Trinajstić information content (AvgIpc) is 2.13.